The maximum atomic E-state index is 10.5. The number of rotatable bonds is 7. The molecule has 0 atom stereocenters. The van der Waals surface area contributed by atoms with Gasteiger partial charge in [-0.1, -0.05) is 20.6 Å². The second-order valence-corrected chi connectivity index (χ2v) is 4.39. The molecule has 0 fully saturated rings. The molecular weight excluding hydrogens is 470 g/mol. The minimum atomic E-state index is -1.02. The van der Waals surface area contributed by atoms with Gasteiger partial charge in [-0.05, 0) is 0 Å². The van der Waals surface area contributed by atoms with Gasteiger partial charge in [0.05, 0.1) is 21.7 Å². The molecule has 0 aromatic carbocycles. The molecule has 0 N–H and O–H groups in total. The Bertz CT molecular complexity index is 1080. The summed E-state index contributed by atoms with van der Waals surface area (Å²) in [5.74, 6) is -2.19. The number of nitro groups is 2. The SMILES string of the molecule is O=[N+]([O-])[N-]c1nonc1-c1noc(-c2nc(-c3nonc3[N-][N+](=O)[O-])no2)n1.[K+].[K+]. The molecule has 20 nitrogen and oxygen atoms in total. The molecule has 0 unspecified atom stereocenters. The maximum absolute atomic E-state index is 10.5. The van der Waals surface area contributed by atoms with Crippen LogP contribution in [0.25, 0.3) is 45.7 Å². The van der Waals surface area contributed by atoms with Crippen molar-refractivity contribution in [1.29, 1.82) is 0 Å². The smallest absolute Gasteiger partial charge is 0.348 e. The topological polar surface area (TPSA) is 270 Å². The number of aromatic nitrogens is 8. The van der Waals surface area contributed by atoms with E-state index in [1.165, 1.54) is 0 Å². The van der Waals surface area contributed by atoms with E-state index in [4.69, 9.17) is 9.05 Å². The summed E-state index contributed by atoms with van der Waals surface area (Å²) < 4.78 is 18.5. The largest absolute Gasteiger partial charge is 1.00 e. The average molecular weight is 470 g/mol. The van der Waals surface area contributed by atoms with Crippen LogP contribution in [0.4, 0.5) is 11.6 Å². The molecule has 22 heteroatoms. The van der Waals surface area contributed by atoms with Crippen molar-refractivity contribution in [2.45, 2.75) is 0 Å². The molecule has 4 aromatic rings. The van der Waals surface area contributed by atoms with Crippen LogP contribution in [-0.2, 0) is 0 Å². The number of nitrogens with zero attached hydrogens (tertiary/aromatic N) is 12. The average Bonchev–Trinajstić information content (AvgIpc) is 3.40. The van der Waals surface area contributed by atoms with Gasteiger partial charge in [0, 0.05) is 0 Å². The van der Waals surface area contributed by atoms with Gasteiger partial charge in [0.2, 0.25) is 11.6 Å². The molecule has 4 rings (SSSR count). The van der Waals surface area contributed by atoms with Crippen LogP contribution in [-0.4, -0.2) is 51.0 Å². The summed E-state index contributed by atoms with van der Waals surface area (Å²) in [4.78, 5) is 28.6. The van der Waals surface area contributed by atoms with Crippen molar-refractivity contribution >= 4 is 11.6 Å². The minimum Gasteiger partial charge on any atom is -0.348 e. The van der Waals surface area contributed by atoms with E-state index in [0.29, 0.717) is 0 Å². The molecule has 0 radical (unpaired) electrons. The zero-order valence-electron chi connectivity index (χ0n) is 14.6. The summed E-state index contributed by atoms with van der Waals surface area (Å²) in [7, 11) is 0. The van der Waals surface area contributed by atoms with Crippen LogP contribution < -0.4 is 103 Å². The van der Waals surface area contributed by atoms with E-state index >= 15 is 0 Å². The van der Waals surface area contributed by atoms with E-state index in [-0.39, 0.29) is 138 Å². The predicted octanol–water partition coefficient (Wildman–Crippen LogP) is -5.38. The van der Waals surface area contributed by atoms with Crippen molar-refractivity contribution < 1.29 is 131 Å². The van der Waals surface area contributed by atoms with E-state index in [1.807, 2.05) is 0 Å². The molecule has 0 spiro atoms. The Kier molecular flexibility index (Phi) is 8.58. The van der Waals surface area contributed by atoms with E-state index < -0.39 is 21.7 Å². The predicted molar refractivity (Wildman–Crippen MR) is 74.2 cm³/mol. The number of hydrogen-bond acceptors (Lipinski definition) is 16. The summed E-state index contributed by atoms with van der Waals surface area (Å²) >= 11 is 0. The fourth-order valence-corrected chi connectivity index (χ4v) is 1.75. The molecule has 0 saturated carbocycles. The van der Waals surface area contributed by atoms with Gasteiger partial charge >= 0.3 is 115 Å². The molecule has 0 aliphatic heterocycles. The van der Waals surface area contributed by atoms with Crippen LogP contribution in [0.15, 0.2) is 18.3 Å². The molecule has 4 aromatic heterocycles. The fourth-order valence-electron chi connectivity index (χ4n) is 1.75. The molecule has 142 valence electrons. The maximum Gasteiger partial charge on any atom is 1.00 e. The van der Waals surface area contributed by atoms with Crippen LogP contribution in [0.1, 0.15) is 0 Å². The molecule has 0 aliphatic rings. The Labute approximate surface area is 245 Å². The molecule has 30 heavy (non-hydrogen) atoms. The molecule has 4 heterocycles. The van der Waals surface area contributed by atoms with Crippen LogP contribution in [0.3, 0.4) is 0 Å². The fraction of sp³-hybridized carbons (Fsp3) is 0. The Morgan fingerprint density at radius 3 is 1.43 bits per heavy atom. The third-order valence-corrected chi connectivity index (χ3v) is 2.75. The quantitative estimate of drug-likeness (QED) is 0.138. The van der Waals surface area contributed by atoms with Crippen LogP contribution in [0, 0.1) is 20.2 Å². The Balaban J connectivity index is 0.00000160. The monoisotopic (exact) mass is 470 g/mol. The van der Waals surface area contributed by atoms with Crippen molar-refractivity contribution in [1.82, 2.24) is 40.9 Å². The summed E-state index contributed by atoms with van der Waals surface area (Å²) in [6, 6.07) is 0. The van der Waals surface area contributed by atoms with Crippen molar-refractivity contribution in [2.24, 2.45) is 0 Å². The minimum absolute atomic E-state index is 0. The van der Waals surface area contributed by atoms with Gasteiger partial charge in [-0.25, -0.2) is 0 Å². The zero-order valence-corrected chi connectivity index (χ0v) is 20.9. The van der Waals surface area contributed by atoms with Gasteiger partial charge in [0.1, 0.15) is 0 Å². The molecule has 0 bridgehead atoms. The Hall–Kier alpha value is -1.77. The van der Waals surface area contributed by atoms with Crippen molar-refractivity contribution in [3.8, 4) is 34.8 Å². The summed E-state index contributed by atoms with van der Waals surface area (Å²) in [5, 5.41) is 39.1. The van der Waals surface area contributed by atoms with E-state index in [1.54, 1.807) is 0 Å². The van der Waals surface area contributed by atoms with E-state index in [9.17, 15) is 20.2 Å². The third-order valence-electron chi connectivity index (χ3n) is 2.75. The first-order chi connectivity index (χ1) is 13.5. The standard InChI is InChI=1S/C8N12O8.2K/c21-19(22)11-5-1(13-27-17-5)3-9-7(25-15-3)8-10-4(16-26-8)2-6(12-20(23)24)18-28-14-2;;/q-2;2*+1. The summed E-state index contributed by atoms with van der Waals surface area (Å²) in [6.45, 7) is 0. The normalized spacial score (nSPS) is 10.0. The van der Waals surface area contributed by atoms with Gasteiger partial charge in [-0.3, -0.25) is 30.5 Å². The zero-order chi connectivity index (χ0) is 19.7. The molecule has 0 aliphatic carbocycles. The number of hydrogen-bond donors (Lipinski definition) is 0. The Morgan fingerprint density at radius 2 is 1.07 bits per heavy atom. The summed E-state index contributed by atoms with van der Waals surface area (Å²) in [5.41, 5.74) is 5.32. The van der Waals surface area contributed by atoms with Crippen LogP contribution in [0.2, 0.25) is 0 Å². The van der Waals surface area contributed by atoms with Gasteiger partial charge in [0.25, 0.3) is 0 Å². The van der Waals surface area contributed by atoms with Crippen molar-refractivity contribution in [3.05, 3.63) is 31.1 Å². The van der Waals surface area contributed by atoms with Crippen molar-refractivity contribution in [2.75, 3.05) is 0 Å². The molecule has 0 saturated heterocycles. The van der Waals surface area contributed by atoms with Gasteiger partial charge in [0.15, 0.2) is 11.4 Å². The molecule has 0 amide bonds. The summed E-state index contributed by atoms with van der Waals surface area (Å²) in [6.07, 6.45) is 0. The Morgan fingerprint density at radius 1 is 0.667 bits per heavy atom. The van der Waals surface area contributed by atoms with Gasteiger partial charge in [-0.2, -0.15) is 9.97 Å². The second kappa shape index (κ2) is 10.5. The third kappa shape index (κ3) is 5.28. The first-order valence-electron chi connectivity index (χ1n) is 6.57. The van der Waals surface area contributed by atoms with E-state index in [2.05, 4.69) is 61.0 Å². The first-order valence-corrected chi connectivity index (χ1v) is 6.57. The van der Waals surface area contributed by atoms with Crippen LogP contribution >= 0.6 is 0 Å². The second-order valence-electron chi connectivity index (χ2n) is 4.39. The molecular formula is C8K2N12O8. The first kappa shape index (κ1) is 24.5. The van der Waals surface area contributed by atoms with Gasteiger partial charge < -0.3 is 18.3 Å². The van der Waals surface area contributed by atoms with E-state index in [0.717, 1.165) is 0 Å². The van der Waals surface area contributed by atoms with Crippen LogP contribution in [0.5, 0.6) is 0 Å². The van der Waals surface area contributed by atoms with Crippen molar-refractivity contribution in [3.63, 3.8) is 0 Å². The van der Waals surface area contributed by atoms with Gasteiger partial charge in [-0.15, -0.1) is 10.9 Å².